The van der Waals surface area contributed by atoms with Crippen molar-refractivity contribution in [3.8, 4) is 0 Å². The summed E-state index contributed by atoms with van der Waals surface area (Å²) in [5.41, 5.74) is 2.03. The molecule has 1 aromatic carbocycles. The van der Waals surface area contributed by atoms with Crippen molar-refractivity contribution in [2.24, 2.45) is 0 Å². The lowest BCUT2D eigenvalue weighted by Crippen LogP contribution is -2.24. The number of hydrogen-bond acceptors (Lipinski definition) is 2. The van der Waals surface area contributed by atoms with Crippen molar-refractivity contribution in [3.63, 3.8) is 0 Å². The minimum atomic E-state index is -0.250. The van der Waals surface area contributed by atoms with Crippen molar-refractivity contribution in [2.75, 3.05) is 6.54 Å². The van der Waals surface area contributed by atoms with Crippen LogP contribution in [-0.2, 0) is 6.42 Å². The molecule has 0 radical (unpaired) electrons. The first-order valence-corrected chi connectivity index (χ1v) is 8.99. The van der Waals surface area contributed by atoms with Crippen molar-refractivity contribution in [1.29, 1.82) is 0 Å². The Morgan fingerprint density at radius 3 is 2.67 bits per heavy atom. The smallest absolute Gasteiger partial charge is 0.124 e. The maximum absolute atomic E-state index is 13.2. The monoisotopic (exact) mass is 409 g/mol. The predicted molar refractivity (Wildman–Crippen MR) is 93.2 cm³/mol. The molecule has 0 bridgehead atoms. The number of nitrogens with one attached hydrogen (secondary N) is 1. The maximum Gasteiger partial charge on any atom is 0.124 e. The van der Waals surface area contributed by atoms with E-state index in [1.165, 1.54) is 23.5 Å². The van der Waals surface area contributed by atoms with Gasteiger partial charge in [-0.15, -0.1) is 11.3 Å². The number of halogens is 4. The van der Waals surface area contributed by atoms with E-state index in [0.29, 0.717) is 15.1 Å². The molecule has 6 heteroatoms. The topological polar surface area (TPSA) is 12.0 Å². The van der Waals surface area contributed by atoms with Crippen LogP contribution in [0.3, 0.4) is 0 Å². The fourth-order valence-electron chi connectivity index (χ4n) is 2.11. The van der Waals surface area contributed by atoms with Gasteiger partial charge >= 0.3 is 0 Å². The van der Waals surface area contributed by atoms with Gasteiger partial charge in [-0.1, -0.05) is 52.1 Å². The van der Waals surface area contributed by atoms with Crippen molar-refractivity contribution in [2.45, 2.75) is 25.8 Å². The molecular weight excluding hydrogens is 396 g/mol. The highest BCUT2D eigenvalue weighted by Gasteiger charge is 2.18. The first-order valence-electron chi connectivity index (χ1n) is 6.63. The van der Waals surface area contributed by atoms with Gasteiger partial charge in [-0.2, -0.15) is 0 Å². The Kier molecular flexibility index (Phi) is 6.51. The highest BCUT2D eigenvalue weighted by atomic mass is 79.9. The molecule has 0 amide bonds. The van der Waals surface area contributed by atoms with Gasteiger partial charge in [0.25, 0.3) is 0 Å². The van der Waals surface area contributed by atoms with Crippen LogP contribution in [-0.4, -0.2) is 6.54 Å². The molecule has 0 saturated carbocycles. The third-order valence-corrected chi connectivity index (χ3v) is 5.39. The molecule has 0 spiro atoms. The zero-order chi connectivity index (χ0) is 15.4. The molecule has 0 aliphatic heterocycles. The molecule has 1 N–H and O–H groups in total. The van der Waals surface area contributed by atoms with E-state index >= 15 is 0 Å². The van der Waals surface area contributed by atoms with Crippen LogP contribution in [0.2, 0.25) is 8.67 Å². The Bertz CT molecular complexity index is 618. The van der Waals surface area contributed by atoms with Crippen molar-refractivity contribution >= 4 is 50.5 Å². The second-order valence-electron chi connectivity index (χ2n) is 4.73. The lowest BCUT2D eigenvalue weighted by Gasteiger charge is -2.19. The molecule has 2 rings (SSSR count). The molecule has 1 heterocycles. The maximum atomic E-state index is 13.2. The SMILES string of the molecule is CCCNC(Cc1ccc(F)cc1Br)c1cc(Cl)sc1Cl. The van der Waals surface area contributed by atoms with Gasteiger partial charge < -0.3 is 5.32 Å². The third kappa shape index (κ3) is 4.67. The summed E-state index contributed by atoms with van der Waals surface area (Å²) in [6.07, 6.45) is 1.74. The van der Waals surface area contributed by atoms with Gasteiger partial charge in [-0.05, 0) is 43.1 Å². The Hall–Kier alpha value is -0.130. The lowest BCUT2D eigenvalue weighted by atomic mass is 10.0. The van der Waals surface area contributed by atoms with Crippen molar-refractivity contribution in [1.82, 2.24) is 5.32 Å². The largest absolute Gasteiger partial charge is 0.310 e. The van der Waals surface area contributed by atoms with Crippen LogP contribution < -0.4 is 5.32 Å². The molecule has 21 heavy (non-hydrogen) atoms. The zero-order valence-corrected chi connectivity index (χ0v) is 15.3. The number of hydrogen-bond donors (Lipinski definition) is 1. The van der Waals surface area contributed by atoms with E-state index in [-0.39, 0.29) is 11.9 Å². The lowest BCUT2D eigenvalue weighted by molar-refractivity contribution is 0.529. The molecular formula is C15H15BrCl2FNS. The van der Waals surface area contributed by atoms with Crippen LogP contribution in [0.5, 0.6) is 0 Å². The normalized spacial score (nSPS) is 12.6. The van der Waals surface area contributed by atoms with Crippen LogP contribution in [0.15, 0.2) is 28.7 Å². The van der Waals surface area contributed by atoms with E-state index in [1.54, 1.807) is 6.07 Å². The third-order valence-electron chi connectivity index (χ3n) is 3.14. The molecule has 0 fully saturated rings. The van der Waals surface area contributed by atoms with E-state index < -0.39 is 0 Å². The zero-order valence-electron chi connectivity index (χ0n) is 11.4. The van der Waals surface area contributed by atoms with E-state index in [2.05, 4.69) is 28.2 Å². The number of benzene rings is 1. The molecule has 0 aliphatic carbocycles. The molecule has 1 atom stereocenters. The Labute approximate surface area is 146 Å². The first-order chi connectivity index (χ1) is 10.0. The second-order valence-corrected chi connectivity index (χ2v) is 7.87. The summed E-state index contributed by atoms with van der Waals surface area (Å²) in [6, 6.07) is 6.71. The van der Waals surface area contributed by atoms with Crippen LogP contribution in [0, 0.1) is 5.82 Å². The van der Waals surface area contributed by atoms with Crippen molar-refractivity contribution in [3.05, 3.63) is 54.4 Å². The van der Waals surface area contributed by atoms with E-state index in [1.807, 2.05) is 6.07 Å². The quantitative estimate of drug-likeness (QED) is 0.594. The van der Waals surface area contributed by atoms with Gasteiger partial charge in [-0.25, -0.2) is 4.39 Å². The predicted octanol–water partition coefficient (Wildman–Crippen LogP) is 6.24. The van der Waals surface area contributed by atoms with Gasteiger partial charge in [0.15, 0.2) is 0 Å². The van der Waals surface area contributed by atoms with Crippen LogP contribution in [0.4, 0.5) is 4.39 Å². The highest BCUT2D eigenvalue weighted by Crippen LogP contribution is 2.37. The molecule has 0 aliphatic rings. The molecule has 1 aromatic heterocycles. The summed E-state index contributed by atoms with van der Waals surface area (Å²) >= 11 is 17.1. The van der Waals surface area contributed by atoms with Gasteiger partial charge in [0.2, 0.25) is 0 Å². The van der Waals surface area contributed by atoms with Crippen LogP contribution in [0.25, 0.3) is 0 Å². The van der Waals surface area contributed by atoms with E-state index in [9.17, 15) is 4.39 Å². The van der Waals surface area contributed by atoms with Gasteiger partial charge in [0.1, 0.15) is 5.82 Å². The number of thiophene rings is 1. The van der Waals surface area contributed by atoms with Crippen molar-refractivity contribution < 1.29 is 4.39 Å². The fourth-order valence-corrected chi connectivity index (χ4v) is 4.20. The molecule has 1 nitrogen and oxygen atoms in total. The highest BCUT2D eigenvalue weighted by molar-refractivity contribution is 9.10. The standard InChI is InChI=1S/C15H15BrCl2FNS/c1-2-5-20-13(11-8-14(17)21-15(11)18)6-9-3-4-10(19)7-12(9)16/h3-4,7-8,13,20H,2,5-6H2,1H3. The molecule has 114 valence electrons. The summed E-state index contributed by atoms with van der Waals surface area (Å²) in [7, 11) is 0. The Morgan fingerprint density at radius 1 is 1.33 bits per heavy atom. The Morgan fingerprint density at radius 2 is 2.10 bits per heavy atom. The molecule has 2 aromatic rings. The van der Waals surface area contributed by atoms with Crippen LogP contribution >= 0.6 is 50.5 Å². The average molecular weight is 411 g/mol. The van der Waals surface area contributed by atoms with Crippen LogP contribution in [0.1, 0.15) is 30.5 Å². The minimum Gasteiger partial charge on any atom is -0.310 e. The second kappa shape index (κ2) is 7.93. The summed E-state index contributed by atoms with van der Waals surface area (Å²) in [4.78, 5) is 0. The molecule has 0 saturated heterocycles. The van der Waals surface area contributed by atoms with Gasteiger partial charge in [0.05, 0.1) is 8.67 Å². The first kappa shape index (κ1) is 17.2. The molecule has 1 unspecified atom stereocenters. The number of rotatable bonds is 6. The Balaban J connectivity index is 2.26. The van der Waals surface area contributed by atoms with Gasteiger partial charge in [-0.3, -0.25) is 0 Å². The summed E-state index contributed by atoms with van der Waals surface area (Å²) < 4.78 is 15.3. The fraction of sp³-hybridized carbons (Fsp3) is 0.333. The summed E-state index contributed by atoms with van der Waals surface area (Å²) in [5.74, 6) is -0.250. The van der Waals surface area contributed by atoms with Gasteiger partial charge in [0, 0.05) is 16.1 Å². The van der Waals surface area contributed by atoms with E-state index in [0.717, 1.165) is 28.6 Å². The van der Waals surface area contributed by atoms with E-state index in [4.69, 9.17) is 23.2 Å². The summed E-state index contributed by atoms with van der Waals surface area (Å²) in [6.45, 7) is 2.99. The minimum absolute atomic E-state index is 0.0583. The average Bonchev–Trinajstić information content (AvgIpc) is 2.76. The summed E-state index contributed by atoms with van der Waals surface area (Å²) in [5, 5.41) is 3.48.